The van der Waals surface area contributed by atoms with Gasteiger partial charge >= 0.3 is 0 Å². The highest BCUT2D eigenvalue weighted by atomic mass is 16.5. The van der Waals surface area contributed by atoms with E-state index in [2.05, 4.69) is 95.2 Å². The van der Waals surface area contributed by atoms with Crippen molar-refractivity contribution in [1.82, 2.24) is 15.9 Å². The summed E-state index contributed by atoms with van der Waals surface area (Å²) in [4.78, 5) is 35.7. The van der Waals surface area contributed by atoms with E-state index < -0.39 is 0 Å². The van der Waals surface area contributed by atoms with E-state index in [4.69, 9.17) is 28.4 Å². The van der Waals surface area contributed by atoms with E-state index in [0.717, 1.165) is 51.9 Å². The first-order chi connectivity index (χ1) is 37.2. The van der Waals surface area contributed by atoms with Gasteiger partial charge in [0, 0.05) is 34.4 Å². The molecular formula is C71H105N3O9. The Hall–Kier alpha value is -6.44. The van der Waals surface area contributed by atoms with Crippen molar-refractivity contribution in [3.8, 4) is 45.4 Å². The quantitative estimate of drug-likeness (QED) is 0.0684. The zero-order valence-corrected chi connectivity index (χ0v) is 52.3. The molecule has 12 nitrogen and oxygen atoms in total. The maximum absolute atomic E-state index is 12.1. The number of ether oxygens (including phenoxy) is 6. The summed E-state index contributed by atoms with van der Waals surface area (Å²) >= 11 is 0. The van der Waals surface area contributed by atoms with E-state index in [1.54, 1.807) is 0 Å². The smallest absolute Gasteiger partial charge is 0.163 e. The van der Waals surface area contributed by atoms with Gasteiger partial charge in [0.05, 0.1) is 37.7 Å². The average Bonchev–Trinajstić information content (AvgIpc) is 3.97. The maximum Gasteiger partial charge on any atom is 0.163 e. The predicted octanol–water partition coefficient (Wildman–Crippen LogP) is 17.4. The summed E-state index contributed by atoms with van der Waals surface area (Å²) in [5.41, 5.74) is 7.12. The Labute approximate surface area is 501 Å². The normalized spacial score (nSPS) is 11.7. The van der Waals surface area contributed by atoms with Crippen LogP contribution in [-0.4, -0.2) is 79.0 Å². The van der Waals surface area contributed by atoms with Gasteiger partial charge in [-0.15, -0.1) is 0 Å². The van der Waals surface area contributed by atoms with Crippen molar-refractivity contribution >= 4 is 17.3 Å². The second-order valence-electron chi connectivity index (χ2n) is 26.3. The summed E-state index contributed by atoms with van der Waals surface area (Å²) in [6.45, 7) is 39.8. The molecule has 1 aromatic heterocycles. The summed E-state index contributed by atoms with van der Waals surface area (Å²) in [5, 5.41) is 4.60. The van der Waals surface area contributed by atoms with Crippen LogP contribution in [0.5, 0.6) is 23.0 Å². The fourth-order valence-electron chi connectivity index (χ4n) is 7.20. The molecule has 5 aromatic carbocycles. The van der Waals surface area contributed by atoms with Gasteiger partial charge in [-0.25, -0.2) is 0 Å². The highest BCUT2D eigenvalue weighted by molar-refractivity contribution is 5.86. The predicted molar refractivity (Wildman–Crippen MR) is 344 cm³/mol. The van der Waals surface area contributed by atoms with Crippen molar-refractivity contribution in [3.05, 3.63) is 150 Å². The van der Waals surface area contributed by atoms with Gasteiger partial charge in [0.25, 0.3) is 0 Å². The van der Waals surface area contributed by atoms with Gasteiger partial charge in [-0.3, -0.25) is 19.1 Å². The number of ketones is 3. The zero-order chi connectivity index (χ0) is 59.5. The number of nitrogens with zero attached hydrogens (tertiary/aromatic N) is 2. The fourth-order valence-corrected chi connectivity index (χ4v) is 7.20. The Bertz CT molecular complexity index is 2810. The van der Waals surface area contributed by atoms with Crippen LogP contribution in [0.3, 0.4) is 0 Å². The van der Waals surface area contributed by atoms with Crippen molar-refractivity contribution in [2.75, 3.05) is 46.2 Å². The molecule has 0 aliphatic heterocycles. The molecule has 83 heavy (non-hydrogen) atoms. The van der Waals surface area contributed by atoms with Crippen LogP contribution >= 0.6 is 0 Å². The van der Waals surface area contributed by atoms with E-state index in [1.165, 1.54) is 16.7 Å². The van der Waals surface area contributed by atoms with Crippen LogP contribution in [0.4, 0.5) is 0 Å². The molecule has 0 saturated heterocycles. The molecule has 0 atom stereocenters. The third kappa shape index (κ3) is 27.7. The lowest BCUT2D eigenvalue weighted by Gasteiger charge is -2.19. The first-order valence-corrected chi connectivity index (χ1v) is 28.0. The monoisotopic (exact) mass is 1140 g/mol. The number of Topliss-reactive ketones (excluding diaryl/α,β-unsaturated/α-hetero) is 3. The van der Waals surface area contributed by atoms with Crippen molar-refractivity contribution in [2.24, 2.45) is 16.2 Å². The molecule has 0 radical (unpaired) electrons. The third-order valence-corrected chi connectivity index (χ3v) is 12.8. The second-order valence-corrected chi connectivity index (χ2v) is 26.3. The Morgan fingerprint density at radius 2 is 0.783 bits per heavy atom. The largest absolute Gasteiger partial charge is 0.491 e. The van der Waals surface area contributed by atoms with Crippen LogP contribution in [-0.2, 0) is 52.4 Å². The number of hydrogen-bond donors (Lipinski definition) is 1. The number of carbonyl (C=O) groups excluding carboxylic acids is 3. The molecule has 0 aliphatic rings. The summed E-state index contributed by atoms with van der Waals surface area (Å²) in [5.74, 6) is 3.54. The minimum absolute atomic E-state index is 0. The number of rotatable bonds is 21. The fraction of sp³-hybridized carbons (Fsp3) is 0.493. The molecule has 0 spiro atoms. The highest BCUT2D eigenvalue weighted by Crippen LogP contribution is 2.30. The molecule has 6 rings (SSSR count). The van der Waals surface area contributed by atoms with E-state index in [1.807, 2.05) is 173 Å². The molecule has 0 saturated carbocycles. The van der Waals surface area contributed by atoms with Crippen LogP contribution in [0.25, 0.3) is 22.4 Å². The number of aromatic nitrogens is 2. The Morgan fingerprint density at radius 1 is 0.422 bits per heavy atom. The number of hydrogen-bond acceptors (Lipinski definition) is 11. The van der Waals surface area contributed by atoms with Crippen molar-refractivity contribution in [1.29, 1.82) is 0 Å². The molecule has 12 heteroatoms. The van der Waals surface area contributed by atoms with E-state index in [-0.39, 0.29) is 84.2 Å². The lowest BCUT2D eigenvalue weighted by atomic mass is 9.86. The van der Waals surface area contributed by atoms with Crippen LogP contribution in [0.15, 0.2) is 134 Å². The van der Waals surface area contributed by atoms with Crippen molar-refractivity contribution in [2.45, 2.75) is 169 Å². The summed E-state index contributed by atoms with van der Waals surface area (Å²) < 4.78 is 35.6. The first-order valence-electron chi connectivity index (χ1n) is 28.0. The second kappa shape index (κ2) is 33.2. The molecule has 458 valence electrons. The van der Waals surface area contributed by atoms with Gasteiger partial charge < -0.3 is 34.6 Å². The van der Waals surface area contributed by atoms with Crippen molar-refractivity contribution in [3.63, 3.8) is 0 Å². The molecule has 0 fully saturated rings. The molecule has 1 heterocycles. The van der Waals surface area contributed by atoms with Gasteiger partial charge in [-0.05, 0) is 114 Å². The van der Waals surface area contributed by atoms with Crippen LogP contribution in [0.1, 0.15) is 156 Å². The molecule has 0 amide bonds. The Kier molecular flexibility index (Phi) is 29.8. The minimum Gasteiger partial charge on any atom is -0.491 e. The summed E-state index contributed by atoms with van der Waals surface area (Å²) in [6, 6.07) is 42.5. The molecular weight excluding hydrogens is 1040 g/mol. The number of carbonyl (C=O) groups is 3. The molecule has 0 bridgehead atoms. The topological polar surface area (TPSA) is 159 Å². The first kappa shape index (κ1) is 74.6. The van der Waals surface area contributed by atoms with Gasteiger partial charge in [0.2, 0.25) is 0 Å². The van der Waals surface area contributed by atoms with E-state index >= 15 is 0 Å². The molecule has 0 aliphatic carbocycles. The Balaban J connectivity index is 0.000000612. The average molecular weight is 1140 g/mol. The maximum atomic E-state index is 12.1. The minimum atomic E-state index is -0.371. The standard InChI is InChI=1S/C24H32O4.C24H32O3.C21H30N2O2.2CH4.H3N/c1-23(2,3)18-7-9-20(10-8-18)28-21-13-11-19(12-14-21)27-16-15-26-17-22(25)24(4,5)6;1-23(2,3)20-11-7-18(8-12-20)19-9-13-21(14-10-19)27-16-15-26-17-22(25)24(4,5)6;1-20(2,3)19(24)15-16-7-9-17(10-8-16)18-11-12-23(22-18)13-14-25-21(4,5)6;;;/h7-14H,15-17H2,1-6H3;7-14H,15-17H2,1-6H3;7-12H,13-15H2,1-6H3;2*1H4;1H3. The SMILES string of the molecule is C.C.CC(C)(C)C(=O)COCCOc1ccc(-c2ccc(C(C)(C)C)cc2)cc1.CC(C)(C)C(=O)COCCOc1ccc(Oc2ccc(C(C)(C)C)cc2)cc1.CC(C)(C)OCCn1ccc(-c2ccc(CC(=O)C(C)(C)C)cc2)n1.N. The lowest BCUT2D eigenvalue weighted by molar-refractivity contribution is -0.131. The molecule has 6 aromatic rings. The zero-order valence-electron chi connectivity index (χ0n) is 52.3. The highest BCUT2D eigenvalue weighted by Gasteiger charge is 2.23. The van der Waals surface area contributed by atoms with Crippen LogP contribution in [0.2, 0.25) is 0 Å². The summed E-state index contributed by atoms with van der Waals surface area (Å²) in [6.07, 6.45) is 2.45. The molecule has 0 unspecified atom stereocenters. The van der Waals surface area contributed by atoms with Gasteiger partial charge in [0.15, 0.2) is 11.6 Å². The van der Waals surface area contributed by atoms with Gasteiger partial charge in [0.1, 0.15) is 55.2 Å². The van der Waals surface area contributed by atoms with E-state index in [9.17, 15) is 14.4 Å². The van der Waals surface area contributed by atoms with Crippen LogP contribution < -0.4 is 20.4 Å². The van der Waals surface area contributed by atoms with Crippen molar-refractivity contribution < 1.29 is 42.8 Å². The molecule has 3 N–H and O–H groups in total. The summed E-state index contributed by atoms with van der Waals surface area (Å²) in [7, 11) is 0. The Morgan fingerprint density at radius 3 is 1.18 bits per heavy atom. The van der Waals surface area contributed by atoms with Gasteiger partial charge in [-0.2, -0.15) is 5.10 Å². The van der Waals surface area contributed by atoms with Gasteiger partial charge in [-0.1, -0.05) is 192 Å². The van der Waals surface area contributed by atoms with E-state index in [0.29, 0.717) is 39.5 Å². The lowest BCUT2D eigenvalue weighted by Crippen LogP contribution is -2.25. The van der Waals surface area contributed by atoms with Crippen LogP contribution in [0, 0.1) is 16.2 Å². The number of benzene rings is 5. The third-order valence-electron chi connectivity index (χ3n) is 12.8.